The summed E-state index contributed by atoms with van der Waals surface area (Å²) in [4.78, 5) is 39.9. The molecule has 0 saturated carbocycles. The summed E-state index contributed by atoms with van der Waals surface area (Å²) in [6, 6.07) is 4.28. The molecule has 1 aliphatic rings. The Hall–Kier alpha value is -2.64. The van der Waals surface area contributed by atoms with Crippen LogP contribution in [0.4, 0.5) is 10.6 Å². The van der Waals surface area contributed by atoms with Gasteiger partial charge in [-0.05, 0) is 30.9 Å². The summed E-state index contributed by atoms with van der Waals surface area (Å²) < 4.78 is 0. The first-order chi connectivity index (χ1) is 11.0. The van der Waals surface area contributed by atoms with E-state index in [4.69, 9.17) is 5.73 Å². The second kappa shape index (κ2) is 7.57. The number of aromatic nitrogens is 1. The molecular formula is C15H21N5O3. The Labute approximate surface area is 134 Å². The third-order valence-electron chi connectivity index (χ3n) is 3.85. The number of nitrogens with two attached hydrogens (primary N) is 1. The summed E-state index contributed by atoms with van der Waals surface area (Å²) >= 11 is 0. The van der Waals surface area contributed by atoms with Crippen molar-refractivity contribution in [2.24, 2.45) is 11.7 Å². The van der Waals surface area contributed by atoms with E-state index in [0.29, 0.717) is 12.5 Å². The molecule has 8 nitrogen and oxygen atoms in total. The molecule has 0 radical (unpaired) electrons. The van der Waals surface area contributed by atoms with Crippen LogP contribution >= 0.6 is 0 Å². The van der Waals surface area contributed by atoms with Gasteiger partial charge < -0.3 is 16.0 Å². The molecule has 1 aromatic rings. The van der Waals surface area contributed by atoms with E-state index in [9.17, 15) is 14.4 Å². The Morgan fingerprint density at radius 1 is 1.30 bits per heavy atom. The van der Waals surface area contributed by atoms with Gasteiger partial charge in [0.25, 0.3) is 5.91 Å². The van der Waals surface area contributed by atoms with Crippen LogP contribution in [0.3, 0.4) is 0 Å². The smallest absolute Gasteiger partial charge is 0.320 e. The van der Waals surface area contributed by atoms with Gasteiger partial charge in [-0.25, -0.2) is 9.78 Å². The summed E-state index contributed by atoms with van der Waals surface area (Å²) in [6.45, 7) is 3.56. The van der Waals surface area contributed by atoms with Crippen LogP contribution in [0.25, 0.3) is 0 Å². The van der Waals surface area contributed by atoms with Crippen LogP contribution in [-0.2, 0) is 4.79 Å². The molecule has 0 aromatic carbocycles. The van der Waals surface area contributed by atoms with Crippen LogP contribution < -0.4 is 16.4 Å². The second-order valence-electron chi connectivity index (χ2n) is 5.56. The van der Waals surface area contributed by atoms with Crippen molar-refractivity contribution in [1.29, 1.82) is 0 Å². The fraction of sp³-hybridized carbons (Fsp3) is 0.467. The van der Waals surface area contributed by atoms with E-state index in [1.165, 1.54) is 6.07 Å². The normalized spacial score (nSPS) is 15.1. The largest absolute Gasteiger partial charge is 0.364 e. The highest BCUT2D eigenvalue weighted by atomic mass is 16.2. The molecule has 1 saturated heterocycles. The molecule has 4 amide bonds. The number of rotatable bonds is 4. The Morgan fingerprint density at radius 3 is 2.61 bits per heavy atom. The van der Waals surface area contributed by atoms with Crippen molar-refractivity contribution in [3.05, 3.63) is 23.9 Å². The van der Waals surface area contributed by atoms with Crippen LogP contribution in [0.1, 0.15) is 30.3 Å². The van der Waals surface area contributed by atoms with Crippen LogP contribution in [0.15, 0.2) is 18.2 Å². The van der Waals surface area contributed by atoms with Crippen LogP contribution in [0.5, 0.6) is 0 Å². The maximum Gasteiger partial charge on any atom is 0.320 e. The molecule has 1 fully saturated rings. The van der Waals surface area contributed by atoms with E-state index in [1.54, 1.807) is 19.1 Å². The summed E-state index contributed by atoms with van der Waals surface area (Å²) in [7, 11) is 0. The minimum absolute atomic E-state index is 0.0922. The number of pyridine rings is 1. The van der Waals surface area contributed by atoms with Crippen molar-refractivity contribution in [1.82, 2.24) is 15.2 Å². The fourth-order valence-corrected chi connectivity index (χ4v) is 2.49. The Balaban J connectivity index is 1.76. The highest BCUT2D eigenvalue weighted by Crippen LogP contribution is 2.16. The minimum Gasteiger partial charge on any atom is -0.364 e. The molecule has 2 rings (SSSR count). The van der Waals surface area contributed by atoms with Crippen molar-refractivity contribution in [2.45, 2.75) is 19.8 Å². The van der Waals surface area contributed by atoms with Gasteiger partial charge >= 0.3 is 6.03 Å². The lowest BCUT2D eigenvalue weighted by Crippen LogP contribution is -2.41. The number of urea groups is 1. The third kappa shape index (κ3) is 4.94. The predicted molar refractivity (Wildman–Crippen MR) is 84.8 cm³/mol. The summed E-state index contributed by atoms with van der Waals surface area (Å²) in [5.41, 5.74) is 5.24. The molecule has 1 aromatic heterocycles. The zero-order valence-corrected chi connectivity index (χ0v) is 13.0. The Morgan fingerprint density at radius 2 is 2.00 bits per heavy atom. The zero-order chi connectivity index (χ0) is 16.8. The zero-order valence-electron chi connectivity index (χ0n) is 13.0. The van der Waals surface area contributed by atoms with Crippen molar-refractivity contribution >= 4 is 23.7 Å². The number of carbonyl (C=O) groups is 3. The lowest BCUT2D eigenvalue weighted by atomic mass is 9.97. The van der Waals surface area contributed by atoms with Crippen LogP contribution in [-0.4, -0.2) is 47.4 Å². The maximum absolute atomic E-state index is 11.9. The number of nitrogens with one attached hydrogen (secondary N) is 2. The molecule has 2 heterocycles. The number of anilines is 1. The van der Waals surface area contributed by atoms with Crippen molar-refractivity contribution in [3.63, 3.8) is 0 Å². The lowest BCUT2D eigenvalue weighted by molar-refractivity contribution is -0.130. The molecule has 1 aliphatic heterocycles. The van der Waals surface area contributed by atoms with Gasteiger partial charge in [-0.1, -0.05) is 6.07 Å². The number of piperidine rings is 1. The average Bonchev–Trinajstić information content (AvgIpc) is 2.53. The maximum atomic E-state index is 11.9. The number of primary amides is 1. The lowest BCUT2D eigenvalue weighted by Gasteiger charge is -2.31. The number of hydrogen-bond acceptors (Lipinski definition) is 4. The number of likely N-dealkylation sites (tertiary alicyclic amines) is 1. The molecule has 8 heteroatoms. The monoisotopic (exact) mass is 319 g/mol. The van der Waals surface area contributed by atoms with Gasteiger partial charge in [0, 0.05) is 26.6 Å². The fourth-order valence-electron chi connectivity index (χ4n) is 2.49. The molecule has 0 aliphatic carbocycles. The summed E-state index contributed by atoms with van der Waals surface area (Å²) in [5.74, 6) is 0.0623. The highest BCUT2D eigenvalue weighted by molar-refractivity contribution is 5.92. The second-order valence-corrected chi connectivity index (χ2v) is 5.56. The van der Waals surface area contributed by atoms with Gasteiger partial charge in [0.15, 0.2) is 0 Å². The van der Waals surface area contributed by atoms with E-state index < -0.39 is 5.91 Å². The van der Waals surface area contributed by atoms with Gasteiger partial charge in [0.05, 0.1) is 0 Å². The first kappa shape index (κ1) is 16.7. The first-order valence-electron chi connectivity index (χ1n) is 7.53. The quantitative estimate of drug-likeness (QED) is 0.751. The highest BCUT2D eigenvalue weighted by Gasteiger charge is 2.21. The van der Waals surface area contributed by atoms with Gasteiger partial charge in [0.1, 0.15) is 11.5 Å². The van der Waals surface area contributed by atoms with Gasteiger partial charge in [-0.3, -0.25) is 14.9 Å². The van der Waals surface area contributed by atoms with E-state index in [1.807, 2.05) is 4.90 Å². The van der Waals surface area contributed by atoms with E-state index in [-0.39, 0.29) is 23.5 Å². The van der Waals surface area contributed by atoms with Gasteiger partial charge in [0.2, 0.25) is 5.91 Å². The van der Waals surface area contributed by atoms with Crippen LogP contribution in [0, 0.1) is 5.92 Å². The topological polar surface area (TPSA) is 117 Å². The van der Waals surface area contributed by atoms with E-state index in [2.05, 4.69) is 15.6 Å². The molecule has 0 spiro atoms. The van der Waals surface area contributed by atoms with Crippen molar-refractivity contribution in [3.8, 4) is 0 Å². The summed E-state index contributed by atoms with van der Waals surface area (Å²) in [5, 5.41) is 5.35. The van der Waals surface area contributed by atoms with Gasteiger partial charge in [-0.15, -0.1) is 0 Å². The van der Waals surface area contributed by atoms with Crippen molar-refractivity contribution < 1.29 is 14.4 Å². The Bertz CT molecular complexity index is 597. The minimum atomic E-state index is -0.647. The van der Waals surface area contributed by atoms with Crippen LogP contribution in [0.2, 0.25) is 0 Å². The first-order valence-corrected chi connectivity index (χ1v) is 7.53. The van der Waals surface area contributed by atoms with E-state index >= 15 is 0 Å². The molecule has 4 N–H and O–H groups in total. The average molecular weight is 319 g/mol. The standard InChI is InChI=1S/C15H21N5O3/c1-10(21)20-7-5-11(6-8-20)9-17-15(23)19-13-4-2-3-12(18-13)14(16)22/h2-4,11H,5-9H2,1H3,(H2,16,22)(H2,17,18,19,23). The molecular weight excluding hydrogens is 298 g/mol. The number of amides is 4. The number of carbonyl (C=O) groups excluding carboxylic acids is 3. The molecule has 0 unspecified atom stereocenters. The molecule has 0 atom stereocenters. The van der Waals surface area contributed by atoms with E-state index in [0.717, 1.165) is 25.9 Å². The molecule has 23 heavy (non-hydrogen) atoms. The SMILES string of the molecule is CC(=O)N1CCC(CNC(=O)Nc2cccc(C(N)=O)n2)CC1. The molecule has 0 bridgehead atoms. The third-order valence-corrected chi connectivity index (χ3v) is 3.85. The molecule has 124 valence electrons. The summed E-state index contributed by atoms with van der Waals surface area (Å²) in [6.07, 6.45) is 1.74. The number of hydrogen-bond donors (Lipinski definition) is 3. The van der Waals surface area contributed by atoms with Crippen molar-refractivity contribution in [2.75, 3.05) is 25.0 Å². The Kier molecular flexibility index (Phi) is 5.51. The number of nitrogens with zero attached hydrogens (tertiary/aromatic N) is 2. The van der Waals surface area contributed by atoms with Gasteiger partial charge in [-0.2, -0.15) is 0 Å². The predicted octanol–water partition coefficient (Wildman–Crippen LogP) is 0.560.